The Labute approximate surface area is 199 Å². The Kier molecular flexibility index (Phi) is 9.39. The molecule has 0 spiro atoms. The number of nitrogens with zero attached hydrogens (tertiary/aromatic N) is 2. The number of rotatable bonds is 6. The Morgan fingerprint density at radius 2 is 1.85 bits per heavy atom. The van der Waals surface area contributed by atoms with E-state index in [2.05, 4.69) is 15.3 Å². The van der Waals surface area contributed by atoms with Crippen molar-refractivity contribution in [3.8, 4) is 0 Å². The van der Waals surface area contributed by atoms with Gasteiger partial charge in [-0.3, -0.25) is 9.78 Å². The zero-order valence-corrected chi connectivity index (χ0v) is 19.6. The first-order valence-electron chi connectivity index (χ1n) is 10.2. The van der Waals surface area contributed by atoms with Gasteiger partial charge in [-0.2, -0.15) is 13.2 Å². The summed E-state index contributed by atoms with van der Waals surface area (Å²) in [6.45, 7) is 0. The summed E-state index contributed by atoms with van der Waals surface area (Å²) in [5.74, 6) is -2.52. The number of aliphatic carboxylic acids is 1. The van der Waals surface area contributed by atoms with Gasteiger partial charge in [-0.05, 0) is 30.0 Å². The van der Waals surface area contributed by atoms with E-state index in [1.807, 2.05) is 0 Å². The van der Waals surface area contributed by atoms with Crippen LogP contribution >= 0.6 is 11.6 Å². The first-order valence-corrected chi connectivity index (χ1v) is 12.4. The molecular formula is C21H23ClF3N3O5S. The Hall–Kier alpha value is -2.73. The number of benzene rings is 1. The molecule has 1 atom stereocenters. The van der Waals surface area contributed by atoms with Gasteiger partial charge in [-0.15, -0.1) is 0 Å². The number of carboxylic acid groups (broad SMARTS) is 1. The van der Waals surface area contributed by atoms with Gasteiger partial charge in [0.1, 0.15) is 0 Å². The lowest BCUT2D eigenvalue weighted by Gasteiger charge is -2.21. The predicted molar refractivity (Wildman–Crippen MR) is 118 cm³/mol. The maximum absolute atomic E-state index is 13.0. The highest BCUT2D eigenvalue weighted by Crippen LogP contribution is 2.36. The SMILES string of the molecule is CS(=O)(=O)c1ccc([C@@H](CC2CCCC2)C(=O)Nc2cnccn2)cc1Cl.O=C(O)C(F)(F)F. The molecule has 3 rings (SSSR count). The van der Waals surface area contributed by atoms with Crippen LogP contribution in [0, 0.1) is 5.92 Å². The van der Waals surface area contributed by atoms with Crippen LogP contribution in [0.1, 0.15) is 43.6 Å². The van der Waals surface area contributed by atoms with Crippen molar-refractivity contribution in [3.63, 3.8) is 0 Å². The molecule has 1 aliphatic carbocycles. The monoisotopic (exact) mass is 521 g/mol. The number of sulfone groups is 1. The number of carboxylic acids is 1. The van der Waals surface area contributed by atoms with Crippen molar-refractivity contribution in [1.82, 2.24) is 9.97 Å². The highest BCUT2D eigenvalue weighted by molar-refractivity contribution is 7.90. The van der Waals surface area contributed by atoms with Crippen molar-refractivity contribution in [2.75, 3.05) is 11.6 Å². The molecule has 0 saturated heterocycles. The molecule has 2 N–H and O–H groups in total. The van der Waals surface area contributed by atoms with Crippen LogP contribution in [0.3, 0.4) is 0 Å². The van der Waals surface area contributed by atoms with Gasteiger partial charge in [0.15, 0.2) is 15.7 Å². The zero-order valence-electron chi connectivity index (χ0n) is 18.0. The van der Waals surface area contributed by atoms with Gasteiger partial charge in [-0.25, -0.2) is 18.2 Å². The van der Waals surface area contributed by atoms with Crippen LogP contribution < -0.4 is 5.32 Å². The average Bonchev–Trinajstić information content (AvgIpc) is 3.25. The van der Waals surface area contributed by atoms with Crippen molar-refractivity contribution in [2.45, 2.75) is 49.1 Å². The molecule has 1 aliphatic rings. The topological polar surface area (TPSA) is 126 Å². The molecular weight excluding hydrogens is 499 g/mol. The maximum Gasteiger partial charge on any atom is 0.490 e. The summed E-state index contributed by atoms with van der Waals surface area (Å²) >= 11 is 6.21. The lowest BCUT2D eigenvalue weighted by Crippen LogP contribution is -2.23. The van der Waals surface area contributed by atoms with Crippen molar-refractivity contribution < 1.29 is 36.3 Å². The van der Waals surface area contributed by atoms with Gasteiger partial charge >= 0.3 is 12.1 Å². The van der Waals surface area contributed by atoms with E-state index < -0.39 is 27.9 Å². The number of carbonyl (C=O) groups excluding carboxylic acids is 1. The smallest absolute Gasteiger partial charge is 0.475 e. The number of hydrogen-bond donors (Lipinski definition) is 2. The molecule has 1 fully saturated rings. The third-order valence-corrected chi connectivity index (χ3v) is 6.75. The Balaban J connectivity index is 0.000000509. The first-order chi connectivity index (χ1) is 15.8. The molecule has 0 bridgehead atoms. The molecule has 1 amide bonds. The van der Waals surface area contributed by atoms with Crippen molar-refractivity contribution in [1.29, 1.82) is 0 Å². The molecule has 2 aromatic rings. The summed E-state index contributed by atoms with van der Waals surface area (Å²) < 4.78 is 55.4. The molecule has 13 heteroatoms. The van der Waals surface area contributed by atoms with Crippen LogP contribution in [0.25, 0.3) is 0 Å². The van der Waals surface area contributed by atoms with E-state index in [9.17, 15) is 26.4 Å². The zero-order chi connectivity index (χ0) is 25.5. The molecule has 0 aliphatic heterocycles. The van der Waals surface area contributed by atoms with E-state index in [1.165, 1.54) is 37.5 Å². The van der Waals surface area contributed by atoms with Gasteiger partial charge < -0.3 is 10.4 Å². The molecule has 34 heavy (non-hydrogen) atoms. The van der Waals surface area contributed by atoms with Gasteiger partial charge in [0, 0.05) is 18.6 Å². The van der Waals surface area contributed by atoms with E-state index in [4.69, 9.17) is 21.5 Å². The van der Waals surface area contributed by atoms with Gasteiger partial charge in [-0.1, -0.05) is 43.4 Å². The summed E-state index contributed by atoms with van der Waals surface area (Å²) in [5, 5.41) is 10.1. The number of amides is 1. The number of halogens is 4. The minimum absolute atomic E-state index is 0.0712. The highest BCUT2D eigenvalue weighted by Gasteiger charge is 2.38. The average molecular weight is 522 g/mol. The van der Waals surface area contributed by atoms with Crippen molar-refractivity contribution >= 4 is 39.1 Å². The Morgan fingerprint density at radius 3 is 2.32 bits per heavy atom. The molecule has 0 unspecified atom stereocenters. The molecule has 1 saturated carbocycles. The van der Waals surface area contributed by atoms with Crippen LogP contribution in [0.15, 0.2) is 41.7 Å². The fourth-order valence-corrected chi connectivity index (χ4v) is 4.92. The predicted octanol–water partition coefficient (Wildman–Crippen LogP) is 4.47. The van der Waals surface area contributed by atoms with Crippen LogP contribution in [0.5, 0.6) is 0 Å². The molecule has 1 aromatic carbocycles. The lowest BCUT2D eigenvalue weighted by molar-refractivity contribution is -0.192. The second-order valence-corrected chi connectivity index (χ2v) is 10.2. The fraction of sp³-hybridized carbons (Fsp3) is 0.429. The number of anilines is 1. The third-order valence-electron chi connectivity index (χ3n) is 5.17. The summed E-state index contributed by atoms with van der Waals surface area (Å²) in [4.78, 5) is 30.0. The lowest BCUT2D eigenvalue weighted by atomic mass is 9.87. The van der Waals surface area contributed by atoms with Crippen molar-refractivity contribution in [3.05, 3.63) is 47.4 Å². The first kappa shape index (κ1) is 27.5. The molecule has 0 radical (unpaired) electrons. The van der Waals surface area contributed by atoms with Gasteiger partial charge in [0.05, 0.1) is 22.0 Å². The quantitative estimate of drug-likeness (QED) is 0.574. The molecule has 8 nitrogen and oxygen atoms in total. The Morgan fingerprint density at radius 1 is 1.24 bits per heavy atom. The number of aromatic nitrogens is 2. The second kappa shape index (κ2) is 11.6. The van der Waals surface area contributed by atoms with E-state index in [0.29, 0.717) is 23.7 Å². The van der Waals surface area contributed by atoms with Gasteiger partial charge in [0.25, 0.3) is 0 Å². The summed E-state index contributed by atoms with van der Waals surface area (Å²) in [5.41, 5.74) is 0.709. The van der Waals surface area contributed by atoms with Crippen LogP contribution in [-0.4, -0.2) is 47.8 Å². The minimum atomic E-state index is -5.08. The van der Waals surface area contributed by atoms with Crippen LogP contribution in [0.2, 0.25) is 5.02 Å². The summed E-state index contributed by atoms with van der Waals surface area (Å²) in [6.07, 6.45) is 5.83. The van der Waals surface area contributed by atoms with E-state index in [1.54, 1.807) is 12.1 Å². The molecule has 1 aromatic heterocycles. The highest BCUT2D eigenvalue weighted by atomic mass is 35.5. The number of alkyl halides is 3. The molecule has 186 valence electrons. The minimum Gasteiger partial charge on any atom is -0.475 e. The number of hydrogen-bond acceptors (Lipinski definition) is 6. The van der Waals surface area contributed by atoms with E-state index in [-0.39, 0.29) is 15.8 Å². The van der Waals surface area contributed by atoms with Crippen LogP contribution in [-0.2, 0) is 19.4 Å². The van der Waals surface area contributed by atoms with E-state index >= 15 is 0 Å². The van der Waals surface area contributed by atoms with Crippen molar-refractivity contribution in [2.24, 2.45) is 5.92 Å². The standard InChI is InChI=1S/C19H22ClN3O3S.C2HF3O2/c1-27(25,26)17-7-6-14(11-16(17)20)15(10-13-4-2-3-5-13)19(24)23-18-12-21-8-9-22-18;3-2(4,5)1(6)7/h6-9,11-13,15H,2-5,10H2,1H3,(H,22,23,24);(H,6,7)/t15-;/m1./s1. The maximum atomic E-state index is 13.0. The van der Waals surface area contributed by atoms with Crippen LogP contribution in [0.4, 0.5) is 19.0 Å². The number of carbonyl (C=O) groups is 2. The Bertz CT molecular complexity index is 1110. The summed E-state index contributed by atoms with van der Waals surface area (Å²) in [6, 6.07) is 4.75. The summed E-state index contributed by atoms with van der Waals surface area (Å²) in [7, 11) is -3.42. The largest absolute Gasteiger partial charge is 0.490 e. The normalized spacial score (nSPS) is 15.2. The second-order valence-electron chi connectivity index (χ2n) is 7.78. The number of nitrogens with one attached hydrogen (secondary N) is 1. The third kappa shape index (κ3) is 8.24. The fourth-order valence-electron chi connectivity index (χ4n) is 3.59. The van der Waals surface area contributed by atoms with Gasteiger partial charge in [0.2, 0.25) is 5.91 Å². The van der Waals surface area contributed by atoms with E-state index in [0.717, 1.165) is 19.1 Å². The molecule has 1 heterocycles.